The molecule has 42 heavy (non-hydrogen) atoms. The summed E-state index contributed by atoms with van der Waals surface area (Å²) in [6.45, 7) is 7.74. The van der Waals surface area contributed by atoms with Gasteiger partial charge in [0.05, 0.1) is 10.0 Å². The number of ketones is 2. The van der Waals surface area contributed by atoms with Crippen molar-refractivity contribution in [3.63, 3.8) is 0 Å². The van der Waals surface area contributed by atoms with Gasteiger partial charge in [0.15, 0.2) is 17.3 Å². The Balaban J connectivity index is 1.64. The number of rotatable bonds is 6. The van der Waals surface area contributed by atoms with Crippen LogP contribution in [0.2, 0.25) is 20.1 Å². The molecular formula is C32H31Cl4NO5. The Labute approximate surface area is 265 Å². The lowest BCUT2D eigenvalue weighted by atomic mass is 9.63. The summed E-state index contributed by atoms with van der Waals surface area (Å²) < 4.78 is 5.96. The topological polar surface area (TPSA) is 83.9 Å². The van der Waals surface area contributed by atoms with Gasteiger partial charge < -0.3 is 14.7 Å². The molecule has 0 radical (unpaired) electrons. The SMILES string of the molecule is CC1(C)CC(=O)C2=C(C1)N(CC(=O)O)C1=C(C(=O)CC(C)(C)C1)C2c1cc(Cl)c(OCc2ccc(Cl)cc2Cl)c(Cl)c1. The van der Waals surface area contributed by atoms with Crippen molar-refractivity contribution >= 4 is 63.9 Å². The Morgan fingerprint density at radius 2 is 1.38 bits per heavy atom. The number of carbonyl (C=O) groups excluding carboxylic acids is 2. The minimum Gasteiger partial charge on any atom is -0.486 e. The van der Waals surface area contributed by atoms with Crippen LogP contribution in [0.5, 0.6) is 5.75 Å². The molecule has 0 amide bonds. The molecule has 0 spiro atoms. The van der Waals surface area contributed by atoms with E-state index in [1.54, 1.807) is 35.2 Å². The molecule has 1 heterocycles. The molecule has 0 unspecified atom stereocenters. The second-order valence-electron chi connectivity index (χ2n) is 12.9. The second-order valence-corrected chi connectivity index (χ2v) is 14.5. The largest absolute Gasteiger partial charge is 0.486 e. The van der Waals surface area contributed by atoms with Crippen molar-refractivity contribution in [3.05, 3.63) is 84.1 Å². The van der Waals surface area contributed by atoms with Gasteiger partial charge in [-0.2, -0.15) is 0 Å². The van der Waals surface area contributed by atoms with Crippen LogP contribution in [-0.4, -0.2) is 34.1 Å². The van der Waals surface area contributed by atoms with E-state index in [0.717, 1.165) is 0 Å². The molecule has 2 aliphatic carbocycles. The molecule has 0 saturated heterocycles. The summed E-state index contributed by atoms with van der Waals surface area (Å²) in [5.41, 5.74) is 2.71. The number of nitrogens with zero attached hydrogens (tertiary/aromatic N) is 1. The predicted octanol–water partition coefficient (Wildman–Crippen LogP) is 8.65. The van der Waals surface area contributed by atoms with Crippen molar-refractivity contribution in [3.8, 4) is 5.75 Å². The number of benzene rings is 2. The zero-order valence-electron chi connectivity index (χ0n) is 23.7. The number of Topliss-reactive ketones (excluding diaryl/α,β-unsaturated/α-hetero) is 2. The number of hydrogen-bond donors (Lipinski definition) is 1. The highest BCUT2D eigenvalue weighted by atomic mass is 35.5. The molecule has 2 aromatic carbocycles. The van der Waals surface area contributed by atoms with E-state index < -0.39 is 11.9 Å². The molecule has 2 aromatic rings. The number of carboxylic acid groups (broad SMARTS) is 1. The lowest BCUT2D eigenvalue weighted by Crippen LogP contribution is -2.45. The molecule has 0 saturated carbocycles. The van der Waals surface area contributed by atoms with Gasteiger partial charge in [0.25, 0.3) is 0 Å². The van der Waals surface area contributed by atoms with Crippen molar-refractivity contribution in [1.29, 1.82) is 0 Å². The summed E-state index contributed by atoms with van der Waals surface area (Å²) in [6, 6.07) is 8.43. The van der Waals surface area contributed by atoms with E-state index in [0.29, 0.717) is 56.6 Å². The monoisotopic (exact) mass is 649 g/mol. The smallest absolute Gasteiger partial charge is 0.323 e. The molecule has 222 valence electrons. The number of halogens is 4. The number of carboxylic acids is 1. The van der Waals surface area contributed by atoms with Crippen molar-refractivity contribution in [2.75, 3.05) is 6.54 Å². The van der Waals surface area contributed by atoms with Crippen LogP contribution in [0.25, 0.3) is 0 Å². The lowest BCUT2D eigenvalue weighted by Gasteiger charge is -2.48. The van der Waals surface area contributed by atoms with E-state index in [2.05, 4.69) is 0 Å². The van der Waals surface area contributed by atoms with Crippen molar-refractivity contribution in [1.82, 2.24) is 4.90 Å². The quantitative estimate of drug-likeness (QED) is 0.337. The first kappa shape index (κ1) is 30.9. The number of ether oxygens (including phenoxy) is 1. The zero-order valence-corrected chi connectivity index (χ0v) is 26.8. The number of aliphatic carboxylic acids is 1. The molecule has 1 N–H and O–H groups in total. The molecule has 1 aliphatic heterocycles. The molecule has 0 fully saturated rings. The van der Waals surface area contributed by atoms with Crippen LogP contribution >= 0.6 is 46.4 Å². The predicted molar refractivity (Wildman–Crippen MR) is 164 cm³/mol. The van der Waals surface area contributed by atoms with Crippen LogP contribution in [0.4, 0.5) is 0 Å². The maximum absolute atomic E-state index is 13.8. The maximum Gasteiger partial charge on any atom is 0.323 e. The van der Waals surface area contributed by atoms with Crippen LogP contribution in [0, 0.1) is 10.8 Å². The summed E-state index contributed by atoms with van der Waals surface area (Å²) in [4.78, 5) is 41.5. The van der Waals surface area contributed by atoms with E-state index in [9.17, 15) is 19.5 Å². The van der Waals surface area contributed by atoms with Gasteiger partial charge in [0, 0.05) is 56.9 Å². The summed E-state index contributed by atoms with van der Waals surface area (Å²) in [6.07, 6.45) is 1.54. The second kappa shape index (κ2) is 11.2. The van der Waals surface area contributed by atoms with E-state index in [4.69, 9.17) is 51.1 Å². The van der Waals surface area contributed by atoms with Gasteiger partial charge in [-0.05, 0) is 53.5 Å². The van der Waals surface area contributed by atoms with E-state index in [1.165, 1.54) is 0 Å². The standard InChI is InChI=1S/C32H31Cl4NO5/c1-31(2)10-22-28(24(38)12-31)27(29-23(37(22)14-26(40)41)11-32(3,4)13-25(29)39)17-7-20(35)30(21(36)8-17)42-15-16-5-6-18(33)9-19(16)34/h5-9,27H,10-15H2,1-4H3,(H,40,41). The fourth-order valence-electron chi connectivity index (χ4n) is 6.38. The minimum atomic E-state index is -1.04. The Hall–Kier alpha value is -2.51. The number of allylic oxidation sites excluding steroid dienone is 4. The lowest BCUT2D eigenvalue weighted by molar-refractivity contribution is -0.138. The van der Waals surface area contributed by atoms with Crippen LogP contribution in [0.15, 0.2) is 52.9 Å². The van der Waals surface area contributed by atoms with E-state index in [1.807, 2.05) is 27.7 Å². The summed E-state index contributed by atoms with van der Waals surface area (Å²) in [7, 11) is 0. The van der Waals surface area contributed by atoms with Crippen LogP contribution in [0.1, 0.15) is 70.4 Å². The third-order valence-corrected chi connectivity index (χ3v) is 9.20. The average Bonchev–Trinajstić information content (AvgIpc) is 2.83. The van der Waals surface area contributed by atoms with E-state index >= 15 is 0 Å². The highest BCUT2D eigenvalue weighted by Crippen LogP contribution is 2.55. The third-order valence-electron chi connectivity index (χ3n) is 8.06. The first-order valence-electron chi connectivity index (χ1n) is 13.6. The first-order valence-corrected chi connectivity index (χ1v) is 15.2. The molecular weight excluding hydrogens is 620 g/mol. The number of hydrogen-bond acceptors (Lipinski definition) is 5. The fourth-order valence-corrected chi connectivity index (χ4v) is 7.46. The highest BCUT2D eigenvalue weighted by Gasteiger charge is 2.49. The van der Waals surface area contributed by atoms with Gasteiger partial charge in [-0.25, -0.2) is 0 Å². The van der Waals surface area contributed by atoms with Crippen molar-refractivity contribution < 1.29 is 24.2 Å². The minimum absolute atomic E-state index is 0.0914. The summed E-state index contributed by atoms with van der Waals surface area (Å²) in [5, 5.41) is 11.2. The summed E-state index contributed by atoms with van der Waals surface area (Å²) in [5.74, 6) is -1.74. The maximum atomic E-state index is 13.8. The van der Waals surface area contributed by atoms with Gasteiger partial charge in [0.2, 0.25) is 0 Å². The Morgan fingerprint density at radius 3 is 1.86 bits per heavy atom. The molecule has 0 aromatic heterocycles. The molecule has 5 rings (SSSR count). The van der Waals surface area contributed by atoms with Crippen LogP contribution < -0.4 is 4.74 Å². The molecule has 10 heteroatoms. The Morgan fingerprint density at radius 1 is 0.857 bits per heavy atom. The fraction of sp³-hybridized carbons (Fsp3) is 0.406. The van der Waals surface area contributed by atoms with Gasteiger partial charge >= 0.3 is 5.97 Å². The van der Waals surface area contributed by atoms with Crippen molar-refractivity contribution in [2.24, 2.45) is 10.8 Å². The van der Waals surface area contributed by atoms with Gasteiger partial charge in [-0.1, -0.05) is 80.2 Å². The van der Waals surface area contributed by atoms with Gasteiger partial charge in [0.1, 0.15) is 13.2 Å². The van der Waals surface area contributed by atoms with Crippen molar-refractivity contribution in [2.45, 2.75) is 65.9 Å². The third kappa shape index (κ3) is 5.96. The van der Waals surface area contributed by atoms with Crippen LogP contribution in [0.3, 0.4) is 0 Å². The molecule has 6 nitrogen and oxygen atoms in total. The highest BCUT2D eigenvalue weighted by molar-refractivity contribution is 6.37. The first-order chi connectivity index (χ1) is 19.6. The normalized spacial score (nSPS) is 20.0. The average molecular weight is 651 g/mol. The Bertz CT molecular complexity index is 1510. The molecule has 3 aliphatic rings. The molecule has 0 atom stereocenters. The summed E-state index contributed by atoms with van der Waals surface area (Å²) >= 11 is 25.8. The molecule has 0 bridgehead atoms. The van der Waals surface area contributed by atoms with Gasteiger partial charge in [-0.3, -0.25) is 14.4 Å². The van der Waals surface area contributed by atoms with E-state index in [-0.39, 0.29) is 64.2 Å². The van der Waals surface area contributed by atoms with Gasteiger partial charge in [-0.15, -0.1) is 0 Å². The number of carbonyl (C=O) groups is 3. The Kier molecular flexibility index (Phi) is 8.25. The van der Waals surface area contributed by atoms with Crippen LogP contribution in [-0.2, 0) is 21.0 Å². The zero-order chi connectivity index (χ0) is 30.7.